The predicted octanol–water partition coefficient (Wildman–Crippen LogP) is 3.34. The SMILES string of the molecule is Cc1sccc1C(=O)c1ccc(Cl)nc1. The number of carbonyl (C=O) groups excluding carboxylic acids is 1. The third-order valence-corrected chi connectivity index (χ3v) is 3.16. The molecule has 0 aliphatic carbocycles. The van der Waals surface area contributed by atoms with E-state index in [2.05, 4.69) is 4.98 Å². The minimum absolute atomic E-state index is 0.00193. The summed E-state index contributed by atoms with van der Waals surface area (Å²) >= 11 is 7.22. The Morgan fingerprint density at radius 1 is 1.40 bits per heavy atom. The first-order valence-corrected chi connectivity index (χ1v) is 5.64. The Bertz CT molecular complexity index is 490. The zero-order valence-electron chi connectivity index (χ0n) is 8.03. The topological polar surface area (TPSA) is 30.0 Å². The summed E-state index contributed by atoms with van der Waals surface area (Å²) in [6, 6.07) is 5.14. The van der Waals surface area contributed by atoms with Crippen LogP contribution in [0.1, 0.15) is 20.8 Å². The number of pyridine rings is 1. The minimum Gasteiger partial charge on any atom is -0.289 e. The van der Waals surface area contributed by atoms with E-state index in [0.717, 1.165) is 10.4 Å². The highest BCUT2D eigenvalue weighted by Crippen LogP contribution is 2.19. The molecule has 0 saturated carbocycles. The monoisotopic (exact) mass is 237 g/mol. The highest BCUT2D eigenvalue weighted by molar-refractivity contribution is 7.10. The van der Waals surface area contributed by atoms with Crippen LogP contribution in [0.4, 0.5) is 0 Å². The summed E-state index contributed by atoms with van der Waals surface area (Å²) in [7, 11) is 0. The molecule has 0 aliphatic heterocycles. The molecule has 2 nitrogen and oxygen atoms in total. The van der Waals surface area contributed by atoms with Crippen LogP contribution in [-0.2, 0) is 0 Å². The fourth-order valence-electron chi connectivity index (χ4n) is 1.29. The van der Waals surface area contributed by atoms with E-state index < -0.39 is 0 Å². The maximum Gasteiger partial charge on any atom is 0.195 e. The summed E-state index contributed by atoms with van der Waals surface area (Å²) in [5.74, 6) is -0.00193. The Morgan fingerprint density at radius 2 is 2.20 bits per heavy atom. The summed E-state index contributed by atoms with van der Waals surface area (Å²) in [4.78, 5) is 16.9. The van der Waals surface area contributed by atoms with Gasteiger partial charge in [-0.15, -0.1) is 11.3 Å². The van der Waals surface area contributed by atoms with Crippen molar-refractivity contribution in [3.63, 3.8) is 0 Å². The molecule has 2 rings (SSSR count). The van der Waals surface area contributed by atoms with Crippen molar-refractivity contribution >= 4 is 28.7 Å². The van der Waals surface area contributed by atoms with E-state index in [0.29, 0.717) is 10.7 Å². The molecule has 2 heterocycles. The Kier molecular flexibility index (Phi) is 2.84. The van der Waals surface area contributed by atoms with Gasteiger partial charge in [0.1, 0.15) is 5.15 Å². The molecule has 15 heavy (non-hydrogen) atoms. The average Bonchev–Trinajstić information content (AvgIpc) is 2.65. The fourth-order valence-corrected chi connectivity index (χ4v) is 2.09. The molecule has 0 unspecified atom stereocenters. The van der Waals surface area contributed by atoms with E-state index in [1.165, 1.54) is 6.20 Å². The van der Waals surface area contributed by atoms with E-state index in [9.17, 15) is 4.79 Å². The van der Waals surface area contributed by atoms with Crippen molar-refractivity contribution in [3.05, 3.63) is 50.9 Å². The number of halogens is 1. The number of hydrogen-bond donors (Lipinski definition) is 0. The first-order valence-electron chi connectivity index (χ1n) is 4.39. The van der Waals surface area contributed by atoms with Gasteiger partial charge in [-0.2, -0.15) is 0 Å². The number of ketones is 1. The summed E-state index contributed by atoms with van der Waals surface area (Å²) in [5.41, 5.74) is 1.31. The average molecular weight is 238 g/mol. The molecular formula is C11H8ClNOS. The fraction of sp³-hybridized carbons (Fsp3) is 0.0909. The van der Waals surface area contributed by atoms with Gasteiger partial charge in [-0.3, -0.25) is 4.79 Å². The number of thiophene rings is 1. The van der Waals surface area contributed by atoms with Gasteiger partial charge in [-0.05, 0) is 30.5 Å². The van der Waals surface area contributed by atoms with Crippen LogP contribution in [0.3, 0.4) is 0 Å². The van der Waals surface area contributed by atoms with Gasteiger partial charge in [0.05, 0.1) is 0 Å². The number of carbonyl (C=O) groups is 1. The molecule has 0 aliphatic rings. The second-order valence-electron chi connectivity index (χ2n) is 3.09. The van der Waals surface area contributed by atoms with Crippen molar-refractivity contribution in [2.75, 3.05) is 0 Å². The zero-order valence-corrected chi connectivity index (χ0v) is 9.60. The van der Waals surface area contributed by atoms with E-state index in [4.69, 9.17) is 11.6 Å². The van der Waals surface area contributed by atoms with E-state index in [1.54, 1.807) is 23.5 Å². The predicted molar refractivity (Wildman–Crippen MR) is 61.7 cm³/mol. The second kappa shape index (κ2) is 4.13. The lowest BCUT2D eigenvalue weighted by Gasteiger charge is -1.99. The smallest absolute Gasteiger partial charge is 0.195 e. The third-order valence-electron chi connectivity index (χ3n) is 2.09. The van der Waals surface area contributed by atoms with Crippen molar-refractivity contribution in [2.45, 2.75) is 6.92 Å². The van der Waals surface area contributed by atoms with E-state index in [1.807, 2.05) is 18.4 Å². The van der Waals surface area contributed by atoms with Gasteiger partial charge in [0, 0.05) is 22.2 Å². The lowest BCUT2D eigenvalue weighted by Crippen LogP contribution is -2.01. The first-order chi connectivity index (χ1) is 7.18. The Morgan fingerprint density at radius 3 is 2.73 bits per heavy atom. The first kappa shape index (κ1) is 10.3. The van der Waals surface area contributed by atoms with Crippen LogP contribution in [-0.4, -0.2) is 10.8 Å². The molecule has 0 aromatic carbocycles. The van der Waals surface area contributed by atoms with Crippen LogP contribution in [0.15, 0.2) is 29.8 Å². The number of nitrogens with zero attached hydrogens (tertiary/aromatic N) is 1. The van der Waals surface area contributed by atoms with Crippen LogP contribution in [0, 0.1) is 6.92 Å². The van der Waals surface area contributed by atoms with Crippen LogP contribution >= 0.6 is 22.9 Å². The van der Waals surface area contributed by atoms with Crippen LogP contribution in [0.5, 0.6) is 0 Å². The zero-order chi connectivity index (χ0) is 10.8. The second-order valence-corrected chi connectivity index (χ2v) is 4.60. The van der Waals surface area contributed by atoms with Crippen molar-refractivity contribution in [1.82, 2.24) is 4.98 Å². The number of aryl methyl sites for hydroxylation is 1. The molecule has 0 N–H and O–H groups in total. The van der Waals surface area contributed by atoms with Crippen molar-refractivity contribution in [3.8, 4) is 0 Å². The number of hydrogen-bond acceptors (Lipinski definition) is 3. The quantitative estimate of drug-likeness (QED) is 0.592. The normalized spacial score (nSPS) is 10.3. The molecule has 0 bridgehead atoms. The lowest BCUT2D eigenvalue weighted by atomic mass is 10.1. The molecule has 76 valence electrons. The molecule has 0 radical (unpaired) electrons. The van der Waals surface area contributed by atoms with Crippen LogP contribution < -0.4 is 0 Å². The molecule has 0 amide bonds. The molecule has 2 aromatic rings. The molecule has 0 saturated heterocycles. The van der Waals surface area contributed by atoms with Gasteiger partial charge in [-0.1, -0.05) is 11.6 Å². The lowest BCUT2D eigenvalue weighted by molar-refractivity contribution is 0.103. The van der Waals surface area contributed by atoms with E-state index >= 15 is 0 Å². The maximum atomic E-state index is 12.0. The molecule has 0 fully saturated rings. The summed E-state index contributed by atoms with van der Waals surface area (Å²) in [6.07, 6.45) is 1.50. The van der Waals surface area contributed by atoms with Crippen molar-refractivity contribution in [1.29, 1.82) is 0 Å². The molecule has 4 heteroatoms. The molecule has 2 aromatic heterocycles. The van der Waals surface area contributed by atoms with Gasteiger partial charge in [0.15, 0.2) is 5.78 Å². The standard InChI is InChI=1S/C11H8ClNOS/c1-7-9(4-5-15-7)11(14)8-2-3-10(12)13-6-8/h2-6H,1H3. The van der Waals surface area contributed by atoms with Crippen LogP contribution in [0.25, 0.3) is 0 Å². The molecule has 0 atom stereocenters. The third kappa shape index (κ3) is 2.08. The molecule has 0 spiro atoms. The van der Waals surface area contributed by atoms with Crippen molar-refractivity contribution < 1.29 is 4.79 Å². The highest BCUT2D eigenvalue weighted by atomic mass is 35.5. The van der Waals surface area contributed by atoms with Gasteiger partial charge >= 0.3 is 0 Å². The van der Waals surface area contributed by atoms with Crippen molar-refractivity contribution in [2.24, 2.45) is 0 Å². The Labute approximate surface area is 96.5 Å². The van der Waals surface area contributed by atoms with E-state index in [-0.39, 0.29) is 5.78 Å². The van der Waals surface area contributed by atoms with Gasteiger partial charge in [0.25, 0.3) is 0 Å². The largest absolute Gasteiger partial charge is 0.289 e. The maximum absolute atomic E-state index is 12.0. The van der Waals surface area contributed by atoms with Crippen LogP contribution in [0.2, 0.25) is 5.15 Å². The van der Waals surface area contributed by atoms with Gasteiger partial charge in [0.2, 0.25) is 0 Å². The Hall–Kier alpha value is -1.19. The summed E-state index contributed by atoms with van der Waals surface area (Å²) < 4.78 is 0. The number of aromatic nitrogens is 1. The highest BCUT2D eigenvalue weighted by Gasteiger charge is 2.12. The Balaban J connectivity index is 2.37. The van der Waals surface area contributed by atoms with Gasteiger partial charge < -0.3 is 0 Å². The minimum atomic E-state index is -0.00193. The van der Waals surface area contributed by atoms with Gasteiger partial charge in [-0.25, -0.2) is 4.98 Å². The molecular weight excluding hydrogens is 230 g/mol. The summed E-state index contributed by atoms with van der Waals surface area (Å²) in [5, 5.41) is 2.31. The number of rotatable bonds is 2. The summed E-state index contributed by atoms with van der Waals surface area (Å²) in [6.45, 7) is 1.93.